The van der Waals surface area contributed by atoms with E-state index in [0.717, 1.165) is 12.6 Å². The van der Waals surface area contributed by atoms with Crippen LogP contribution in [0.4, 0.5) is 18.9 Å². The molecule has 0 saturated carbocycles. The Kier molecular flexibility index (Phi) is 9.68. The molecule has 0 aliphatic rings. The van der Waals surface area contributed by atoms with E-state index in [1.54, 1.807) is 12.1 Å². The van der Waals surface area contributed by atoms with Gasteiger partial charge in [0.1, 0.15) is 24.2 Å². The summed E-state index contributed by atoms with van der Waals surface area (Å²) in [6, 6.07) is 21.7. The summed E-state index contributed by atoms with van der Waals surface area (Å²) < 4.78 is 70.1. The number of para-hydroxylation sites is 1. The van der Waals surface area contributed by atoms with Gasteiger partial charge in [0.25, 0.3) is 0 Å². The van der Waals surface area contributed by atoms with E-state index in [4.69, 9.17) is 4.74 Å². The zero-order chi connectivity index (χ0) is 31.4. The largest absolute Gasteiger partial charge is 0.516 e. The van der Waals surface area contributed by atoms with Crippen molar-refractivity contribution in [1.29, 1.82) is 0 Å². The summed E-state index contributed by atoms with van der Waals surface area (Å²) in [6.45, 7) is 2.40. The molecule has 1 heterocycles. The van der Waals surface area contributed by atoms with Crippen LogP contribution in [0.15, 0.2) is 78.9 Å². The number of nitrogens with one attached hydrogen (secondary N) is 1. The van der Waals surface area contributed by atoms with Crippen LogP contribution in [0.1, 0.15) is 28.5 Å². The first kappa shape index (κ1) is 31.9. The van der Waals surface area contributed by atoms with Gasteiger partial charge in [0, 0.05) is 37.1 Å². The number of hydrogen-bond donors (Lipinski definition) is 3. The number of sulfonamides is 1. The monoisotopic (exact) mass is 619 g/mol. The average molecular weight is 620 g/mol. The number of aliphatic hydroxyl groups excluding tert-OH is 1. The van der Waals surface area contributed by atoms with Crippen LogP contribution in [0.2, 0.25) is 0 Å². The summed E-state index contributed by atoms with van der Waals surface area (Å²) in [5.41, 5.74) is -3.76. The zero-order valence-electron chi connectivity index (χ0n) is 23.5. The van der Waals surface area contributed by atoms with Crippen LogP contribution in [0.3, 0.4) is 0 Å². The van der Waals surface area contributed by atoms with Gasteiger partial charge in [0.05, 0.1) is 5.69 Å². The third-order valence-electron chi connectivity index (χ3n) is 6.88. The Hall–Kier alpha value is -4.07. The first-order valence-corrected chi connectivity index (χ1v) is 14.8. The number of hydrogen-bond acceptors (Lipinski definition) is 6. The predicted octanol–water partition coefficient (Wildman–Crippen LogP) is 4.63. The van der Waals surface area contributed by atoms with Crippen molar-refractivity contribution in [1.82, 2.24) is 9.88 Å². The molecule has 0 radical (unpaired) electrons. The number of carboxylic acids is 1. The summed E-state index contributed by atoms with van der Waals surface area (Å²) >= 11 is 0. The minimum Gasteiger partial charge on any atom is -0.491 e. The number of carboxylic acid groups (broad SMARTS) is 1. The Labute approximate surface area is 247 Å². The van der Waals surface area contributed by atoms with Crippen molar-refractivity contribution < 1.29 is 41.3 Å². The molecule has 0 saturated heterocycles. The number of fused-ring (bicyclic) bond motifs is 1. The van der Waals surface area contributed by atoms with Gasteiger partial charge >= 0.3 is 21.5 Å². The topological polar surface area (TPSA) is 121 Å². The smallest absolute Gasteiger partial charge is 0.491 e. The Morgan fingerprint density at radius 1 is 1.02 bits per heavy atom. The lowest BCUT2D eigenvalue weighted by atomic mass is 10.0. The molecule has 4 rings (SSSR count). The van der Waals surface area contributed by atoms with E-state index in [1.165, 1.54) is 28.8 Å². The number of benzene rings is 3. The standard InChI is InChI=1S/C30H32F3N3O6S/c1-20(34-17-25(37)19-42-26-9-4-3-5-10-26)13-21-11-12-27-23(14-21)16-28(29(38)39)36(27)18-22-7-6-8-24(15-22)35(2)43(40,41)30(31,32)33/h3-12,14-16,20,25,34,37H,13,17-19H2,1-2H3,(H,38,39). The number of aliphatic hydroxyl groups is 1. The quantitative estimate of drug-likeness (QED) is 0.200. The third kappa shape index (κ3) is 7.66. The molecule has 9 nitrogen and oxygen atoms in total. The minimum atomic E-state index is -5.60. The molecule has 1 aromatic heterocycles. The molecule has 0 aliphatic heterocycles. The van der Waals surface area contributed by atoms with E-state index in [0.29, 0.717) is 35.2 Å². The highest BCUT2D eigenvalue weighted by Crippen LogP contribution is 2.31. The fourth-order valence-electron chi connectivity index (χ4n) is 4.65. The number of carbonyl (C=O) groups is 1. The van der Waals surface area contributed by atoms with E-state index in [-0.39, 0.29) is 34.9 Å². The van der Waals surface area contributed by atoms with E-state index < -0.39 is 27.6 Å². The van der Waals surface area contributed by atoms with Gasteiger partial charge in [-0.1, -0.05) is 36.4 Å². The number of rotatable bonds is 13. The highest BCUT2D eigenvalue weighted by Gasteiger charge is 2.49. The third-order valence-corrected chi connectivity index (χ3v) is 8.40. The summed E-state index contributed by atoms with van der Waals surface area (Å²) in [7, 11) is -4.78. The van der Waals surface area contributed by atoms with Crippen molar-refractivity contribution in [3.8, 4) is 5.75 Å². The molecular weight excluding hydrogens is 587 g/mol. The number of halogens is 3. The number of nitrogens with zero attached hydrogens (tertiary/aromatic N) is 2. The number of aromatic nitrogens is 1. The Morgan fingerprint density at radius 2 is 1.74 bits per heavy atom. The molecule has 2 unspecified atom stereocenters. The van der Waals surface area contributed by atoms with E-state index in [9.17, 15) is 36.6 Å². The van der Waals surface area contributed by atoms with E-state index in [2.05, 4.69) is 5.32 Å². The number of aromatic carboxylic acids is 1. The highest BCUT2D eigenvalue weighted by atomic mass is 32.2. The van der Waals surface area contributed by atoms with Gasteiger partial charge in [0.2, 0.25) is 0 Å². The maximum Gasteiger partial charge on any atom is 0.516 e. The van der Waals surface area contributed by atoms with Gasteiger partial charge in [-0.15, -0.1) is 0 Å². The van der Waals surface area contributed by atoms with Crippen LogP contribution in [-0.2, 0) is 23.0 Å². The molecular formula is C30H32F3N3O6S. The van der Waals surface area contributed by atoms with Crippen molar-refractivity contribution in [2.24, 2.45) is 0 Å². The molecule has 43 heavy (non-hydrogen) atoms. The van der Waals surface area contributed by atoms with Crippen molar-refractivity contribution >= 4 is 32.6 Å². The second kappa shape index (κ2) is 13.1. The summed E-state index contributed by atoms with van der Waals surface area (Å²) in [6.07, 6.45) is -0.123. The van der Waals surface area contributed by atoms with Gasteiger partial charge in [-0.25, -0.2) is 4.79 Å². The normalized spacial score (nSPS) is 13.5. The average Bonchev–Trinajstić information content (AvgIpc) is 3.32. The van der Waals surface area contributed by atoms with Gasteiger partial charge in [0.15, 0.2) is 0 Å². The molecule has 0 fully saturated rings. The van der Waals surface area contributed by atoms with E-state index in [1.807, 2.05) is 49.4 Å². The first-order valence-electron chi connectivity index (χ1n) is 13.3. The second-order valence-corrected chi connectivity index (χ2v) is 12.2. The number of ether oxygens (including phenoxy) is 1. The molecule has 2 atom stereocenters. The van der Waals surface area contributed by atoms with Crippen molar-refractivity contribution in [3.63, 3.8) is 0 Å². The molecule has 13 heteroatoms. The van der Waals surface area contributed by atoms with Gasteiger partial charge in [-0.3, -0.25) is 4.31 Å². The molecule has 0 amide bonds. The fraction of sp³-hybridized carbons (Fsp3) is 0.300. The van der Waals surface area contributed by atoms with Gasteiger partial charge in [-0.05, 0) is 66.9 Å². The Morgan fingerprint density at radius 3 is 2.42 bits per heavy atom. The zero-order valence-corrected chi connectivity index (χ0v) is 24.3. The SMILES string of the molecule is CC(Cc1ccc2c(c1)cc(C(=O)O)n2Cc1cccc(N(C)S(=O)(=O)C(F)(F)F)c1)NCC(O)COc1ccccc1. The predicted molar refractivity (Wildman–Crippen MR) is 157 cm³/mol. The molecule has 4 aromatic rings. The second-order valence-electron chi connectivity index (χ2n) is 10.2. The lowest BCUT2D eigenvalue weighted by molar-refractivity contribution is -0.0437. The van der Waals surface area contributed by atoms with Crippen LogP contribution in [-0.4, -0.2) is 67.0 Å². The lowest BCUT2D eigenvalue weighted by Crippen LogP contribution is -2.38. The van der Waals surface area contributed by atoms with Gasteiger partial charge in [-0.2, -0.15) is 21.6 Å². The van der Waals surface area contributed by atoms with Gasteiger partial charge < -0.3 is 24.8 Å². The van der Waals surface area contributed by atoms with Crippen molar-refractivity contribution in [3.05, 3.63) is 95.7 Å². The van der Waals surface area contributed by atoms with Crippen LogP contribution >= 0.6 is 0 Å². The summed E-state index contributed by atoms with van der Waals surface area (Å²) in [5, 5.41) is 24.1. The summed E-state index contributed by atoms with van der Waals surface area (Å²) in [4.78, 5) is 12.1. The van der Waals surface area contributed by atoms with Crippen LogP contribution in [0, 0.1) is 0 Å². The van der Waals surface area contributed by atoms with Crippen LogP contribution in [0.5, 0.6) is 5.75 Å². The van der Waals surface area contributed by atoms with Crippen LogP contribution in [0.25, 0.3) is 10.9 Å². The van der Waals surface area contributed by atoms with Crippen molar-refractivity contribution in [2.45, 2.75) is 37.5 Å². The number of alkyl halides is 3. The Bertz CT molecular complexity index is 1680. The minimum absolute atomic E-state index is 0.0148. The molecule has 3 N–H and O–H groups in total. The highest BCUT2D eigenvalue weighted by molar-refractivity contribution is 7.93. The molecule has 0 spiro atoms. The molecule has 0 aliphatic carbocycles. The molecule has 3 aromatic carbocycles. The maximum atomic E-state index is 13.1. The summed E-state index contributed by atoms with van der Waals surface area (Å²) in [5.74, 6) is -0.516. The first-order chi connectivity index (χ1) is 20.3. The fourth-order valence-corrected chi connectivity index (χ4v) is 5.35. The van der Waals surface area contributed by atoms with Crippen molar-refractivity contribution in [2.75, 3.05) is 24.5 Å². The molecule has 230 valence electrons. The molecule has 0 bridgehead atoms. The van der Waals surface area contributed by atoms with Crippen LogP contribution < -0.4 is 14.4 Å². The lowest BCUT2D eigenvalue weighted by Gasteiger charge is -2.21. The number of anilines is 1. The Balaban J connectivity index is 1.46. The maximum absolute atomic E-state index is 13.1. The van der Waals surface area contributed by atoms with E-state index >= 15 is 0 Å².